The largest absolute Gasteiger partial charge is 0.330 e. The minimum atomic E-state index is 0.356. The molecule has 0 saturated heterocycles. The Morgan fingerprint density at radius 1 is 1.27 bits per heavy atom. The van der Waals surface area contributed by atoms with E-state index in [2.05, 4.69) is 10.4 Å². The molecule has 3 heteroatoms. The molecule has 1 fully saturated rings. The molecule has 0 atom stereocenters. The van der Waals surface area contributed by atoms with Gasteiger partial charge in [-0.15, -0.1) is 11.3 Å². The van der Waals surface area contributed by atoms with Crippen molar-refractivity contribution in [1.29, 1.82) is 0 Å². The molecule has 2 N–H and O–H groups in total. The van der Waals surface area contributed by atoms with Gasteiger partial charge < -0.3 is 5.73 Å². The van der Waals surface area contributed by atoms with Gasteiger partial charge in [-0.2, -0.15) is 0 Å². The maximum Gasteiger partial charge on any atom is 0.0930 e. The molecule has 1 saturated carbocycles. The summed E-state index contributed by atoms with van der Waals surface area (Å²) in [7, 11) is 0. The lowest BCUT2D eigenvalue weighted by Crippen LogP contribution is -2.32. The highest BCUT2D eigenvalue weighted by molar-refractivity contribution is 7.09. The van der Waals surface area contributed by atoms with Gasteiger partial charge in [0.05, 0.1) is 5.01 Å². The van der Waals surface area contributed by atoms with Crippen LogP contribution in [0.3, 0.4) is 0 Å². The van der Waals surface area contributed by atoms with E-state index in [1.165, 1.54) is 43.5 Å². The van der Waals surface area contributed by atoms with Gasteiger partial charge in [0, 0.05) is 18.0 Å². The molecule has 1 aliphatic carbocycles. The molecule has 1 heterocycles. The molecule has 0 bridgehead atoms. The highest BCUT2D eigenvalue weighted by Gasteiger charge is 2.30. The zero-order chi connectivity index (χ0) is 10.6. The fourth-order valence-electron chi connectivity index (χ4n) is 2.59. The van der Waals surface area contributed by atoms with Crippen molar-refractivity contribution in [1.82, 2.24) is 4.98 Å². The van der Waals surface area contributed by atoms with Crippen LogP contribution in [0.5, 0.6) is 0 Å². The van der Waals surface area contributed by atoms with E-state index in [0.717, 1.165) is 13.0 Å². The van der Waals surface area contributed by atoms with E-state index >= 15 is 0 Å². The van der Waals surface area contributed by atoms with Crippen LogP contribution in [0.15, 0.2) is 11.6 Å². The van der Waals surface area contributed by atoms with Crippen LogP contribution >= 0.6 is 11.3 Å². The molecule has 2 rings (SSSR count). The van der Waals surface area contributed by atoms with E-state index in [9.17, 15) is 0 Å². The number of thiazole rings is 1. The van der Waals surface area contributed by atoms with Gasteiger partial charge in [-0.1, -0.05) is 25.7 Å². The quantitative estimate of drug-likeness (QED) is 0.802. The smallest absolute Gasteiger partial charge is 0.0930 e. The number of nitrogens with zero attached hydrogens (tertiary/aromatic N) is 1. The van der Waals surface area contributed by atoms with Crippen LogP contribution in [0, 0.1) is 5.41 Å². The lowest BCUT2D eigenvalue weighted by molar-refractivity contribution is 0.252. The fraction of sp³-hybridized carbons (Fsp3) is 0.750. The Balaban J connectivity index is 2.05. The Hall–Kier alpha value is -0.410. The first kappa shape index (κ1) is 11.1. The van der Waals surface area contributed by atoms with Gasteiger partial charge in [-0.25, -0.2) is 4.98 Å². The van der Waals surface area contributed by atoms with Crippen molar-refractivity contribution in [2.75, 3.05) is 6.54 Å². The van der Waals surface area contributed by atoms with Crippen LogP contribution in [0.4, 0.5) is 0 Å². The minimum absolute atomic E-state index is 0.356. The van der Waals surface area contributed by atoms with Crippen LogP contribution < -0.4 is 5.73 Å². The third-order valence-corrected chi connectivity index (χ3v) is 4.39. The first-order valence-electron chi connectivity index (χ1n) is 5.93. The van der Waals surface area contributed by atoms with Crippen molar-refractivity contribution in [2.45, 2.75) is 44.9 Å². The molecule has 0 aliphatic heterocycles. The van der Waals surface area contributed by atoms with Gasteiger partial charge in [-0.05, 0) is 24.8 Å². The van der Waals surface area contributed by atoms with Crippen molar-refractivity contribution in [2.24, 2.45) is 11.1 Å². The summed E-state index contributed by atoms with van der Waals surface area (Å²) in [5.41, 5.74) is 6.36. The number of nitrogens with two attached hydrogens (primary N) is 1. The lowest BCUT2D eigenvalue weighted by Gasteiger charge is -2.30. The zero-order valence-electron chi connectivity index (χ0n) is 9.24. The third kappa shape index (κ3) is 2.79. The molecule has 1 aromatic heterocycles. The average molecular weight is 224 g/mol. The number of rotatable bonds is 3. The predicted molar refractivity (Wildman–Crippen MR) is 65.0 cm³/mol. The summed E-state index contributed by atoms with van der Waals surface area (Å²) in [6.45, 7) is 0.826. The fourth-order valence-corrected chi connectivity index (χ4v) is 3.38. The van der Waals surface area contributed by atoms with E-state index in [-0.39, 0.29) is 0 Å². The molecule has 15 heavy (non-hydrogen) atoms. The van der Waals surface area contributed by atoms with Crippen LogP contribution in [0.25, 0.3) is 0 Å². The Morgan fingerprint density at radius 2 is 2.00 bits per heavy atom. The third-order valence-electron chi connectivity index (χ3n) is 3.61. The van der Waals surface area contributed by atoms with Gasteiger partial charge in [0.2, 0.25) is 0 Å². The Bertz CT molecular complexity index is 274. The maximum absolute atomic E-state index is 6.00. The Kier molecular flexibility index (Phi) is 3.76. The normalized spacial score (nSPS) is 21.1. The monoisotopic (exact) mass is 224 g/mol. The molecule has 1 aliphatic rings. The second-order valence-electron chi connectivity index (χ2n) is 4.72. The van der Waals surface area contributed by atoms with Gasteiger partial charge in [-0.3, -0.25) is 0 Å². The lowest BCUT2D eigenvalue weighted by atomic mass is 9.78. The highest BCUT2D eigenvalue weighted by atomic mass is 32.1. The van der Waals surface area contributed by atoms with Gasteiger partial charge in [0.25, 0.3) is 0 Å². The van der Waals surface area contributed by atoms with Crippen LogP contribution in [-0.4, -0.2) is 11.5 Å². The van der Waals surface area contributed by atoms with E-state index in [1.54, 1.807) is 11.3 Å². The molecule has 0 unspecified atom stereocenters. The first-order chi connectivity index (χ1) is 7.35. The Morgan fingerprint density at radius 3 is 2.53 bits per heavy atom. The van der Waals surface area contributed by atoms with Gasteiger partial charge in [0.15, 0.2) is 0 Å². The van der Waals surface area contributed by atoms with Gasteiger partial charge >= 0.3 is 0 Å². The van der Waals surface area contributed by atoms with Gasteiger partial charge in [0.1, 0.15) is 0 Å². The van der Waals surface area contributed by atoms with E-state index in [0.29, 0.717) is 5.41 Å². The molecule has 0 spiro atoms. The van der Waals surface area contributed by atoms with Crippen LogP contribution in [0.1, 0.15) is 43.5 Å². The molecule has 0 aromatic carbocycles. The first-order valence-corrected chi connectivity index (χ1v) is 6.81. The molecular weight excluding hydrogens is 204 g/mol. The maximum atomic E-state index is 6.00. The summed E-state index contributed by atoms with van der Waals surface area (Å²) in [6, 6.07) is 0. The number of aromatic nitrogens is 1. The second kappa shape index (κ2) is 5.08. The van der Waals surface area contributed by atoms with Crippen molar-refractivity contribution >= 4 is 11.3 Å². The summed E-state index contributed by atoms with van der Waals surface area (Å²) in [6.07, 6.45) is 11.1. The molecule has 2 nitrogen and oxygen atoms in total. The molecular formula is C12H20N2S. The van der Waals surface area contributed by atoms with E-state index in [1.807, 2.05) is 6.20 Å². The van der Waals surface area contributed by atoms with Crippen molar-refractivity contribution < 1.29 is 0 Å². The topological polar surface area (TPSA) is 38.9 Å². The van der Waals surface area contributed by atoms with Crippen LogP contribution in [0.2, 0.25) is 0 Å². The van der Waals surface area contributed by atoms with E-state index in [4.69, 9.17) is 5.73 Å². The van der Waals surface area contributed by atoms with E-state index < -0.39 is 0 Å². The molecule has 0 radical (unpaired) electrons. The van der Waals surface area contributed by atoms with Crippen LogP contribution in [-0.2, 0) is 6.42 Å². The SMILES string of the molecule is NCC1(Cc2nccs2)CCCCCC1. The van der Waals surface area contributed by atoms with Crippen molar-refractivity contribution in [3.05, 3.63) is 16.6 Å². The highest BCUT2D eigenvalue weighted by Crippen LogP contribution is 2.37. The molecule has 1 aromatic rings. The predicted octanol–water partition coefficient (Wildman–Crippen LogP) is 2.98. The summed E-state index contributed by atoms with van der Waals surface area (Å²) < 4.78 is 0. The Labute approximate surface area is 95.9 Å². The standard InChI is InChI=1S/C12H20N2S/c13-10-12(5-3-1-2-4-6-12)9-11-14-7-8-15-11/h7-8H,1-6,9-10,13H2. The summed E-state index contributed by atoms with van der Waals surface area (Å²) in [5.74, 6) is 0. The van der Waals surface area contributed by atoms with Crippen molar-refractivity contribution in [3.8, 4) is 0 Å². The molecule has 84 valence electrons. The summed E-state index contributed by atoms with van der Waals surface area (Å²) in [5, 5.41) is 3.33. The minimum Gasteiger partial charge on any atom is -0.330 e. The number of hydrogen-bond acceptors (Lipinski definition) is 3. The number of hydrogen-bond donors (Lipinski definition) is 1. The second-order valence-corrected chi connectivity index (χ2v) is 5.70. The zero-order valence-corrected chi connectivity index (χ0v) is 10.1. The summed E-state index contributed by atoms with van der Waals surface area (Å²) in [4.78, 5) is 4.40. The average Bonchev–Trinajstić information content (AvgIpc) is 2.64. The van der Waals surface area contributed by atoms with Crippen molar-refractivity contribution in [3.63, 3.8) is 0 Å². The summed E-state index contributed by atoms with van der Waals surface area (Å²) >= 11 is 1.77. The molecule has 0 amide bonds.